The van der Waals surface area contributed by atoms with Gasteiger partial charge in [0, 0.05) is 19.3 Å². The van der Waals surface area contributed by atoms with Gasteiger partial charge in [-0.2, -0.15) is 0 Å². The molecule has 16 nitrogen and oxygen atoms in total. The van der Waals surface area contributed by atoms with Gasteiger partial charge in [0.25, 0.3) is 0 Å². The Bertz CT molecular complexity index is 2340. The lowest BCUT2D eigenvalue weighted by Gasteiger charge is -2.21. The lowest BCUT2D eigenvalue weighted by molar-refractivity contribution is -0.161. The molecule has 5 unspecified atom stereocenters. The van der Waals surface area contributed by atoms with Crippen molar-refractivity contribution in [2.24, 2.45) is 0 Å². The zero-order valence-electron chi connectivity index (χ0n) is 55.4. The van der Waals surface area contributed by atoms with Gasteiger partial charge < -0.3 is 34.2 Å². The number of carbonyl (C=O) groups excluding carboxylic acids is 3. The van der Waals surface area contributed by atoms with Crippen LogP contribution in [0.15, 0.2) is 170 Å². The van der Waals surface area contributed by atoms with E-state index in [1.54, 1.807) is 0 Å². The number of ether oxygens (including phenoxy) is 3. The smallest absolute Gasteiger partial charge is 0.463 e. The van der Waals surface area contributed by atoms with Crippen molar-refractivity contribution in [3.63, 3.8) is 0 Å². The molecule has 0 aromatic carbocycles. The first-order chi connectivity index (χ1) is 44.2. The third-order valence-electron chi connectivity index (χ3n) is 12.9. The Morgan fingerprint density at radius 3 is 0.901 bits per heavy atom. The molecule has 4 N–H and O–H groups in total. The van der Waals surface area contributed by atoms with Crippen molar-refractivity contribution in [3.05, 3.63) is 170 Å². The second-order valence-corrected chi connectivity index (χ2v) is 24.4. The lowest BCUT2D eigenvalue weighted by atomic mass is 10.1. The molecule has 18 heteroatoms. The number of unbranched alkanes of at least 4 members (excludes halogenated alkanes) is 10. The largest absolute Gasteiger partial charge is 0.472 e. The number of hydrogen-bond acceptors (Lipinski definition) is 14. The van der Waals surface area contributed by atoms with E-state index in [0.29, 0.717) is 19.3 Å². The molecule has 0 aliphatic rings. The molecule has 0 aromatic rings. The summed E-state index contributed by atoms with van der Waals surface area (Å²) < 4.78 is 60.8. The van der Waals surface area contributed by atoms with Gasteiger partial charge in [0.1, 0.15) is 25.4 Å². The van der Waals surface area contributed by atoms with Crippen LogP contribution in [0.4, 0.5) is 0 Å². The van der Waals surface area contributed by atoms with Gasteiger partial charge >= 0.3 is 33.6 Å². The lowest BCUT2D eigenvalue weighted by Crippen LogP contribution is -2.30. The van der Waals surface area contributed by atoms with Gasteiger partial charge in [0.15, 0.2) is 6.10 Å². The SMILES string of the molecule is CC/C=C\C/C=C\C/C=C\C/C=C\C/C=C\C/C=C\CCCCC(=O)OCC(O)COP(=O)(O)OCC(O)COP(=O)(O)OCC(COC(=O)CCCCC/C=C\C/C=C\C/C=C\C/C=C\C/C=C\CC)OC(=O)CCCCCCC/C=C\C/C=C\C/C=C\CC. The first-order valence-electron chi connectivity index (χ1n) is 33.4. The summed E-state index contributed by atoms with van der Waals surface area (Å²) in [6.07, 6.45) is 79.8. The highest BCUT2D eigenvalue weighted by Crippen LogP contribution is 2.45. The van der Waals surface area contributed by atoms with E-state index in [4.69, 9.17) is 32.3 Å². The van der Waals surface area contributed by atoms with Crippen LogP contribution < -0.4 is 0 Å². The van der Waals surface area contributed by atoms with Crippen LogP contribution in [-0.4, -0.2) is 95.9 Å². The molecule has 0 aliphatic heterocycles. The van der Waals surface area contributed by atoms with Crippen LogP contribution >= 0.6 is 15.6 Å². The third-order valence-corrected chi connectivity index (χ3v) is 14.8. The number of rotatable bonds is 61. The number of allylic oxidation sites excluding steroid dienone is 28. The zero-order valence-corrected chi connectivity index (χ0v) is 57.2. The summed E-state index contributed by atoms with van der Waals surface area (Å²) in [5, 5.41) is 20.5. The Morgan fingerprint density at radius 1 is 0.308 bits per heavy atom. The third kappa shape index (κ3) is 66.2. The predicted molar refractivity (Wildman–Crippen MR) is 371 cm³/mol. The average Bonchev–Trinajstić information content (AvgIpc) is 3.09. The molecule has 0 bridgehead atoms. The molecule has 0 aromatic heterocycles. The Morgan fingerprint density at radius 2 is 0.549 bits per heavy atom. The van der Waals surface area contributed by atoms with Crippen molar-refractivity contribution < 1.29 is 75.8 Å². The molecule has 0 spiro atoms. The van der Waals surface area contributed by atoms with Crippen LogP contribution in [0.3, 0.4) is 0 Å². The average molecular weight is 1310 g/mol. The number of aliphatic hydroxyl groups excluding tert-OH is 2. The molecule has 0 radical (unpaired) electrons. The van der Waals surface area contributed by atoms with Crippen molar-refractivity contribution in [1.29, 1.82) is 0 Å². The second-order valence-electron chi connectivity index (χ2n) is 21.5. The van der Waals surface area contributed by atoms with E-state index in [1.165, 1.54) is 0 Å². The van der Waals surface area contributed by atoms with Gasteiger partial charge in [0.05, 0.1) is 26.4 Å². The number of hydrogen-bond donors (Lipinski definition) is 4. The number of phosphoric ester groups is 2. The van der Waals surface area contributed by atoms with E-state index in [9.17, 15) is 43.5 Å². The molecule has 0 amide bonds. The Hall–Kier alpha value is -5.09. The predicted octanol–water partition coefficient (Wildman–Crippen LogP) is 18.5. The molecule has 0 saturated carbocycles. The normalized spacial score (nSPS) is 15.3. The molecule has 0 fully saturated rings. The molecule has 91 heavy (non-hydrogen) atoms. The first kappa shape index (κ1) is 85.9. The molecule has 5 atom stereocenters. The summed E-state index contributed by atoms with van der Waals surface area (Å²) in [6.45, 7) is 2.17. The number of carbonyl (C=O) groups is 3. The number of aliphatic hydroxyl groups is 2. The van der Waals surface area contributed by atoms with E-state index in [1.807, 2.05) is 0 Å². The first-order valence-corrected chi connectivity index (χ1v) is 36.4. The van der Waals surface area contributed by atoms with Crippen molar-refractivity contribution in [3.8, 4) is 0 Å². The molecule has 0 aliphatic carbocycles. The Labute approximate surface area is 548 Å². The second kappa shape index (κ2) is 65.0. The van der Waals surface area contributed by atoms with Crippen molar-refractivity contribution in [2.45, 2.75) is 232 Å². The maximum Gasteiger partial charge on any atom is 0.472 e. The number of phosphoric acid groups is 2. The van der Waals surface area contributed by atoms with Crippen LogP contribution in [0.25, 0.3) is 0 Å². The van der Waals surface area contributed by atoms with Crippen LogP contribution in [-0.2, 0) is 55.8 Å². The monoisotopic (exact) mass is 1310 g/mol. The van der Waals surface area contributed by atoms with E-state index in [0.717, 1.165) is 154 Å². The summed E-state index contributed by atoms with van der Waals surface area (Å²) >= 11 is 0. The van der Waals surface area contributed by atoms with Crippen molar-refractivity contribution in [1.82, 2.24) is 0 Å². The Kier molecular flexibility index (Phi) is 61.4. The van der Waals surface area contributed by atoms with Crippen LogP contribution in [0, 0.1) is 0 Å². The van der Waals surface area contributed by atoms with Gasteiger partial charge in [-0.15, -0.1) is 0 Å². The Balaban J connectivity index is 4.78. The molecular formula is C73H116O16P2. The van der Waals surface area contributed by atoms with Crippen LogP contribution in [0.2, 0.25) is 0 Å². The van der Waals surface area contributed by atoms with E-state index < -0.39 is 91.5 Å². The van der Waals surface area contributed by atoms with E-state index in [2.05, 4.69) is 191 Å². The topological polar surface area (TPSA) is 231 Å². The van der Waals surface area contributed by atoms with Gasteiger partial charge in [-0.1, -0.05) is 217 Å². The van der Waals surface area contributed by atoms with Gasteiger partial charge in [-0.3, -0.25) is 32.5 Å². The molecular weight excluding hydrogens is 1190 g/mol. The van der Waals surface area contributed by atoms with Crippen LogP contribution in [0.1, 0.15) is 213 Å². The molecule has 0 saturated heterocycles. The van der Waals surface area contributed by atoms with Crippen LogP contribution in [0.5, 0.6) is 0 Å². The van der Waals surface area contributed by atoms with Gasteiger partial charge in [0.2, 0.25) is 0 Å². The summed E-state index contributed by atoms with van der Waals surface area (Å²) in [4.78, 5) is 58.3. The van der Waals surface area contributed by atoms with Gasteiger partial charge in [-0.25, -0.2) is 9.13 Å². The van der Waals surface area contributed by atoms with E-state index >= 15 is 0 Å². The van der Waals surface area contributed by atoms with E-state index in [-0.39, 0.29) is 19.3 Å². The highest BCUT2D eigenvalue weighted by atomic mass is 31.2. The summed E-state index contributed by atoms with van der Waals surface area (Å²) in [5.74, 6) is -1.69. The minimum atomic E-state index is -4.95. The minimum absolute atomic E-state index is 0.0691. The van der Waals surface area contributed by atoms with Crippen molar-refractivity contribution >= 4 is 33.6 Å². The fourth-order valence-electron chi connectivity index (χ4n) is 7.91. The number of esters is 3. The summed E-state index contributed by atoms with van der Waals surface area (Å²) in [7, 11) is -9.82. The quantitative estimate of drug-likeness (QED) is 0.0146. The fourth-order valence-corrected chi connectivity index (χ4v) is 9.49. The minimum Gasteiger partial charge on any atom is -0.463 e. The fraction of sp³-hybridized carbons (Fsp3) is 0.575. The summed E-state index contributed by atoms with van der Waals surface area (Å²) in [6, 6.07) is 0. The van der Waals surface area contributed by atoms with Gasteiger partial charge in [-0.05, 0) is 148 Å². The highest BCUT2D eigenvalue weighted by Gasteiger charge is 2.29. The maximum absolute atomic E-state index is 12.9. The standard InChI is InChI=1S/C73H116O16P2/c1-4-7-10-13-16-19-22-25-28-30-32-33-35-37-39-41-44-47-50-53-56-59-71(76)83-62-68(74)63-85-90(79,80)86-64-69(75)65-87-91(81,82)88-67-70(89-73(78)61-58-55-52-49-46-43-38-27-24-21-18-15-12-9-6-3)66-84-72(77)60-57-54-51-48-45-42-40-36-34-31-29-26-23-20-17-14-11-8-5-2/h7-12,16-21,25-29,32-34,36-39,42,44-45,47,68-70,74-75H,4-6,13-15,22-24,30-31,35,40-41,43,46,48-67H2,1-3H3,(H,79,80)(H,81,82)/b10-7-,11-8-,12-9-,19-16-,20-17-,21-18-,28-25-,29-26-,33-32-,36-34-,38-27-,39-37-,45-42-,47-44-. The molecule has 514 valence electrons. The summed E-state index contributed by atoms with van der Waals surface area (Å²) in [5.41, 5.74) is 0. The highest BCUT2D eigenvalue weighted by molar-refractivity contribution is 7.47. The molecule has 0 heterocycles. The maximum atomic E-state index is 12.9. The van der Waals surface area contributed by atoms with Crippen molar-refractivity contribution in [2.75, 3.05) is 39.6 Å². The zero-order chi connectivity index (χ0) is 66.7. The molecule has 0 rings (SSSR count).